The van der Waals surface area contributed by atoms with E-state index in [0.29, 0.717) is 31.3 Å². The van der Waals surface area contributed by atoms with E-state index in [1.54, 1.807) is 0 Å². The van der Waals surface area contributed by atoms with Gasteiger partial charge in [0.25, 0.3) is 0 Å². The summed E-state index contributed by atoms with van der Waals surface area (Å²) >= 11 is 0. The van der Waals surface area contributed by atoms with Crippen molar-refractivity contribution in [3.63, 3.8) is 0 Å². The molecule has 162 valence electrons. The Balaban J connectivity index is 0.00000392. The predicted molar refractivity (Wildman–Crippen MR) is 86.2 cm³/mol. The zero-order valence-corrected chi connectivity index (χ0v) is 15.1. The van der Waals surface area contributed by atoms with Crippen molar-refractivity contribution in [2.24, 2.45) is 0 Å². The van der Waals surface area contributed by atoms with Gasteiger partial charge in [0, 0.05) is 38.6 Å². The molecule has 0 unspecified atom stereocenters. The Morgan fingerprint density at radius 2 is 1.46 bits per heavy atom. The van der Waals surface area contributed by atoms with E-state index in [2.05, 4.69) is 5.32 Å². The van der Waals surface area contributed by atoms with E-state index in [4.69, 9.17) is 0 Å². The van der Waals surface area contributed by atoms with Crippen molar-refractivity contribution in [1.29, 1.82) is 0 Å². The van der Waals surface area contributed by atoms with Gasteiger partial charge in [-0.2, -0.15) is 39.5 Å². The van der Waals surface area contributed by atoms with E-state index >= 15 is 0 Å². The largest absolute Gasteiger partial charge is 0.416 e. The summed E-state index contributed by atoms with van der Waals surface area (Å²) in [6.45, 7) is 0.914. The van der Waals surface area contributed by atoms with Gasteiger partial charge in [-0.05, 0) is 30.2 Å². The van der Waals surface area contributed by atoms with E-state index in [9.17, 15) is 39.5 Å². The number of benzene rings is 1. The number of piperazine rings is 1. The van der Waals surface area contributed by atoms with Crippen LogP contribution < -0.4 is 5.32 Å². The maximum atomic E-state index is 13.3. The molecule has 12 heteroatoms. The van der Waals surface area contributed by atoms with Crippen LogP contribution in [-0.4, -0.2) is 37.3 Å². The first-order chi connectivity index (χ1) is 12.3. The number of nitrogens with zero attached hydrogens (tertiary/aromatic N) is 1. The Morgan fingerprint density at radius 1 is 0.893 bits per heavy atom. The van der Waals surface area contributed by atoms with Crippen LogP contribution in [-0.2, 0) is 12.4 Å². The zero-order valence-electron chi connectivity index (χ0n) is 14.3. The monoisotopic (exact) mass is 444 g/mol. The highest BCUT2D eigenvalue weighted by atomic mass is 35.5. The van der Waals surface area contributed by atoms with Gasteiger partial charge in [-0.1, -0.05) is 0 Å². The molecular formula is C16H18ClF9N2. The molecule has 0 saturated carbocycles. The van der Waals surface area contributed by atoms with Gasteiger partial charge in [0.1, 0.15) is 0 Å². The standard InChI is InChI=1S/C16H17F9N2.ClH/c17-14(18,19)4-3-13(27-7-5-26-6-8-27)11-9-10(15(20,21)22)1-2-12(11)16(23,24)25;/h1-2,9,13,26H,3-8H2;1H/t13-;/m1./s1. The number of hydrogen-bond acceptors (Lipinski definition) is 2. The summed E-state index contributed by atoms with van der Waals surface area (Å²) < 4.78 is 117. The fourth-order valence-corrected chi connectivity index (χ4v) is 3.10. The van der Waals surface area contributed by atoms with Crippen LogP contribution >= 0.6 is 12.4 Å². The average Bonchev–Trinajstić information content (AvgIpc) is 2.53. The molecule has 0 aromatic heterocycles. The van der Waals surface area contributed by atoms with Gasteiger partial charge in [-0.15, -0.1) is 12.4 Å². The molecule has 1 fully saturated rings. The van der Waals surface area contributed by atoms with Crippen molar-refractivity contribution in [1.82, 2.24) is 10.2 Å². The summed E-state index contributed by atoms with van der Waals surface area (Å²) in [7, 11) is 0. The second kappa shape index (κ2) is 9.08. The van der Waals surface area contributed by atoms with Crippen molar-refractivity contribution < 1.29 is 39.5 Å². The lowest BCUT2D eigenvalue weighted by Crippen LogP contribution is -2.45. The lowest BCUT2D eigenvalue weighted by Gasteiger charge is -2.36. The molecule has 1 aliphatic rings. The van der Waals surface area contributed by atoms with Crippen molar-refractivity contribution in [2.75, 3.05) is 26.2 Å². The van der Waals surface area contributed by atoms with Gasteiger partial charge in [-0.3, -0.25) is 4.90 Å². The maximum Gasteiger partial charge on any atom is 0.416 e. The van der Waals surface area contributed by atoms with Gasteiger partial charge in [0.05, 0.1) is 11.1 Å². The Hall–Kier alpha value is -1.20. The second-order valence-corrected chi connectivity index (χ2v) is 6.25. The Morgan fingerprint density at radius 3 is 1.93 bits per heavy atom. The molecule has 2 rings (SSSR count). The minimum atomic E-state index is -4.98. The molecule has 0 amide bonds. The molecule has 0 bridgehead atoms. The third-order valence-corrected chi connectivity index (χ3v) is 4.34. The molecule has 2 nitrogen and oxygen atoms in total. The fourth-order valence-electron chi connectivity index (χ4n) is 3.10. The fraction of sp³-hybridized carbons (Fsp3) is 0.625. The summed E-state index contributed by atoms with van der Waals surface area (Å²) in [6, 6.07) is -0.509. The quantitative estimate of drug-likeness (QED) is 0.623. The summed E-state index contributed by atoms with van der Waals surface area (Å²) in [5, 5.41) is 2.91. The molecule has 1 heterocycles. The van der Waals surface area contributed by atoms with E-state index in [1.807, 2.05) is 0 Å². The topological polar surface area (TPSA) is 15.3 Å². The van der Waals surface area contributed by atoms with Crippen LogP contribution in [0.3, 0.4) is 0 Å². The number of rotatable bonds is 4. The van der Waals surface area contributed by atoms with Crippen molar-refractivity contribution in [3.05, 3.63) is 34.9 Å². The lowest BCUT2D eigenvalue weighted by atomic mass is 9.92. The van der Waals surface area contributed by atoms with Crippen LogP contribution in [0.4, 0.5) is 39.5 Å². The maximum absolute atomic E-state index is 13.3. The third-order valence-electron chi connectivity index (χ3n) is 4.34. The van der Waals surface area contributed by atoms with Crippen LogP contribution in [0.25, 0.3) is 0 Å². The normalized spacial score (nSPS) is 17.9. The minimum Gasteiger partial charge on any atom is -0.314 e. The molecule has 0 aliphatic carbocycles. The molecule has 1 aromatic carbocycles. The van der Waals surface area contributed by atoms with E-state index in [1.165, 1.54) is 4.90 Å². The van der Waals surface area contributed by atoms with Crippen LogP contribution in [0.1, 0.15) is 35.6 Å². The average molecular weight is 445 g/mol. The van der Waals surface area contributed by atoms with E-state index < -0.39 is 54.1 Å². The highest BCUT2D eigenvalue weighted by Gasteiger charge is 2.41. The van der Waals surface area contributed by atoms with Crippen LogP contribution in [0.15, 0.2) is 18.2 Å². The van der Waals surface area contributed by atoms with Crippen molar-refractivity contribution in [3.8, 4) is 0 Å². The second-order valence-electron chi connectivity index (χ2n) is 6.25. The molecule has 1 saturated heterocycles. The third kappa shape index (κ3) is 6.70. The number of nitrogens with one attached hydrogen (secondary N) is 1. The van der Waals surface area contributed by atoms with Crippen LogP contribution in [0, 0.1) is 0 Å². The van der Waals surface area contributed by atoms with E-state index in [0.717, 1.165) is 0 Å². The predicted octanol–water partition coefficient (Wildman–Crippen LogP) is 5.43. The first kappa shape index (κ1) is 24.8. The van der Waals surface area contributed by atoms with E-state index in [-0.39, 0.29) is 25.5 Å². The SMILES string of the molecule is Cl.FC(F)(F)CC[C@H](c1cc(C(F)(F)F)ccc1C(F)(F)F)N1CCNCC1. The highest BCUT2D eigenvalue weighted by molar-refractivity contribution is 5.85. The molecule has 0 radical (unpaired) electrons. The van der Waals surface area contributed by atoms with Gasteiger partial charge in [0.2, 0.25) is 0 Å². The van der Waals surface area contributed by atoms with Gasteiger partial charge >= 0.3 is 18.5 Å². The molecule has 1 aliphatic heterocycles. The lowest BCUT2D eigenvalue weighted by molar-refractivity contribution is -0.144. The first-order valence-corrected chi connectivity index (χ1v) is 8.09. The molecule has 1 aromatic rings. The van der Waals surface area contributed by atoms with Crippen LogP contribution in [0.2, 0.25) is 0 Å². The Labute approximate surface area is 161 Å². The highest BCUT2D eigenvalue weighted by Crippen LogP contribution is 2.42. The van der Waals surface area contributed by atoms with Gasteiger partial charge < -0.3 is 5.32 Å². The molecule has 0 spiro atoms. The van der Waals surface area contributed by atoms with Crippen LogP contribution in [0.5, 0.6) is 0 Å². The van der Waals surface area contributed by atoms with Gasteiger partial charge in [0.15, 0.2) is 0 Å². The number of hydrogen-bond donors (Lipinski definition) is 1. The van der Waals surface area contributed by atoms with Gasteiger partial charge in [-0.25, -0.2) is 0 Å². The molecule has 1 N–H and O–H groups in total. The molecular weight excluding hydrogens is 427 g/mol. The number of alkyl halides is 9. The Kier molecular flexibility index (Phi) is 8.06. The number of halogens is 10. The van der Waals surface area contributed by atoms with Crippen molar-refractivity contribution >= 4 is 12.4 Å². The smallest absolute Gasteiger partial charge is 0.314 e. The summed E-state index contributed by atoms with van der Waals surface area (Å²) in [6.07, 6.45) is -16.7. The minimum absolute atomic E-state index is 0. The molecule has 28 heavy (non-hydrogen) atoms. The molecule has 1 atom stereocenters. The van der Waals surface area contributed by atoms with Crippen molar-refractivity contribution in [2.45, 2.75) is 37.4 Å². The summed E-state index contributed by atoms with van der Waals surface area (Å²) in [5.41, 5.74) is -3.44. The summed E-state index contributed by atoms with van der Waals surface area (Å²) in [4.78, 5) is 1.37. The first-order valence-electron chi connectivity index (χ1n) is 8.09. The Bertz CT molecular complexity index is 634. The zero-order chi connectivity index (χ0) is 20.5. The summed E-state index contributed by atoms with van der Waals surface area (Å²) in [5.74, 6) is 0.